The van der Waals surface area contributed by atoms with Gasteiger partial charge in [-0.1, -0.05) is 19.1 Å². The Labute approximate surface area is 44.7 Å². The Hall–Kier alpha value is -0.300. The van der Waals surface area contributed by atoms with Gasteiger partial charge in [-0.2, -0.15) is 0 Å². The maximum absolute atomic E-state index is 8.24. The van der Waals surface area contributed by atoms with Crippen LogP contribution in [0.3, 0.4) is 0 Å². The predicted molar refractivity (Wildman–Crippen MR) is 31.1 cm³/mol. The molecule has 0 spiro atoms. The lowest BCUT2D eigenvalue weighted by molar-refractivity contribution is 0.302. The van der Waals surface area contributed by atoms with Crippen LogP contribution in [0, 0.1) is 0 Å². The van der Waals surface area contributed by atoms with Gasteiger partial charge in [-0.25, -0.2) is 0 Å². The summed E-state index contributed by atoms with van der Waals surface area (Å²) in [4.78, 5) is 0. The summed E-state index contributed by atoms with van der Waals surface area (Å²) in [5, 5.41) is 8.24. The zero-order chi connectivity index (χ0) is 5.54. The third-order valence-electron chi connectivity index (χ3n) is 0.698. The molecule has 0 saturated heterocycles. The molecule has 0 bridgehead atoms. The van der Waals surface area contributed by atoms with Crippen LogP contribution in [0.15, 0.2) is 12.2 Å². The molecule has 0 radical (unpaired) electrons. The first kappa shape index (κ1) is 6.70. The normalized spacial score (nSPS) is 10.6. The molecule has 0 aliphatic heterocycles. The zero-order valence-electron chi connectivity index (χ0n) is 4.72. The van der Waals surface area contributed by atoms with E-state index in [9.17, 15) is 0 Å². The van der Waals surface area contributed by atoms with Crippen molar-refractivity contribution in [3.8, 4) is 0 Å². The van der Waals surface area contributed by atoms with Crippen molar-refractivity contribution in [1.82, 2.24) is 0 Å². The van der Waals surface area contributed by atoms with E-state index < -0.39 is 0 Å². The van der Waals surface area contributed by atoms with Gasteiger partial charge in [0.05, 0.1) is 0 Å². The van der Waals surface area contributed by atoms with E-state index in [0.717, 1.165) is 12.8 Å². The van der Waals surface area contributed by atoms with E-state index in [-0.39, 0.29) is 6.61 Å². The van der Waals surface area contributed by atoms with Crippen LogP contribution < -0.4 is 0 Å². The zero-order valence-corrected chi connectivity index (χ0v) is 4.72. The highest BCUT2D eigenvalue weighted by molar-refractivity contribution is 4.79. The molecule has 0 aromatic rings. The van der Waals surface area contributed by atoms with Crippen LogP contribution in [0.1, 0.15) is 19.8 Å². The molecular weight excluding hydrogens is 88.1 g/mol. The molecule has 42 valence electrons. The predicted octanol–water partition coefficient (Wildman–Crippen LogP) is 1.33. The lowest BCUT2D eigenvalue weighted by Gasteiger charge is -1.79. The molecule has 0 fully saturated rings. The number of rotatable bonds is 3. The maximum Gasteiger partial charge on any atom is 0.0465 e. The Bertz CT molecular complexity index is 48.1. The van der Waals surface area contributed by atoms with Crippen LogP contribution in [0.5, 0.6) is 0 Å². The Morgan fingerprint density at radius 1 is 1.43 bits per heavy atom. The van der Waals surface area contributed by atoms with E-state index in [4.69, 9.17) is 5.11 Å². The van der Waals surface area contributed by atoms with E-state index in [1.165, 1.54) is 0 Å². The van der Waals surface area contributed by atoms with E-state index in [2.05, 4.69) is 13.0 Å². The maximum atomic E-state index is 8.24. The molecule has 0 aromatic carbocycles. The average Bonchev–Trinajstić information content (AvgIpc) is 1.69. The van der Waals surface area contributed by atoms with Crippen molar-refractivity contribution in [1.29, 1.82) is 0 Å². The van der Waals surface area contributed by atoms with Gasteiger partial charge >= 0.3 is 0 Å². The van der Waals surface area contributed by atoms with Crippen LogP contribution in [-0.2, 0) is 0 Å². The first-order chi connectivity index (χ1) is 3.41. The topological polar surface area (TPSA) is 20.2 Å². The molecule has 7 heavy (non-hydrogen) atoms. The summed E-state index contributed by atoms with van der Waals surface area (Å²) < 4.78 is 0. The van der Waals surface area contributed by atoms with E-state index in [1.54, 1.807) is 0 Å². The highest BCUT2D eigenvalue weighted by Crippen LogP contribution is 1.82. The average molecular weight is 100 g/mol. The molecule has 1 heteroatoms. The molecule has 0 saturated carbocycles. The molecule has 0 aliphatic carbocycles. The molecule has 0 unspecified atom stereocenters. The van der Waals surface area contributed by atoms with Gasteiger partial charge < -0.3 is 5.11 Å². The van der Waals surface area contributed by atoms with E-state index >= 15 is 0 Å². The molecule has 0 heterocycles. The van der Waals surface area contributed by atoms with Crippen LogP contribution in [-0.4, -0.2) is 11.7 Å². The highest BCUT2D eigenvalue weighted by atomic mass is 16.2. The summed E-state index contributed by atoms with van der Waals surface area (Å²) in [5.41, 5.74) is 0. The summed E-state index contributed by atoms with van der Waals surface area (Å²) in [6.45, 7) is 2.35. The monoisotopic (exact) mass is 100 g/mol. The molecule has 0 atom stereocenters. The standard InChI is InChI=1S/C6H12O/c1-2-3-4-5-6-7/h3-4,7H,2,5-6H2,1H3/b4-3-. The van der Waals surface area contributed by atoms with Crippen molar-refractivity contribution < 1.29 is 5.11 Å². The summed E-state index contributed by atoms with van der Waals surface area (Å²) in [7, 11) is 0. The second kappa shape index (κ2) is 5.70. The number of hydrogen-bond acceptors (Lipinski definition) is 1. The SMILES string of the molecule is CC/C=C\CCO. The molecule has 0 aliphatic rings. The minimum absolute atomic E-state index is 0.274. The lowest BCUT2D eigenvalue weighted by Crippen LogP contribution is -1.73. The summed E-state index contributed by atoms with van der Waals surface area (Å²) in [6, 6.07) is 0. The number of aliphatic hydroxyl groups is 1. The van der Waals surface area contributed by atoms with Gasteiger partial charge in [0, 0.05) is 6.61 Å². The second-order valence-electron chi connectivity index (χ2n) is 1.39. The van der Waals surface area contributed by atoms with Crippen molar-refractivity contribution >= 4 is 0 Å². The number of aliphatic hydroxyl groups excluding tert-OH is 1. The Kier molecular flexibility index (Phi) is 5.46. The first-order valence-corrected chi connectivity index (χ1v) is 2.67. The van der Waals surface area contributed by atoms with Gasteiger partial charge in [0.2, 0.25) is 0 Å². The minimum Gasteiger partial charge on any atom is -0.396 e. The van der Waals surface area contributed by atoms with Gasteiger partial charge in [0.1, 0.15) is 0 Å². The number of allylic oxidation sites excluding steroid dienone is 1. The molecule has 0 amide bonds. The van der Waals surface area contributed by atoms with Crippen molar-refractivity contribution in [2.24, 2.45) is 0 Å². The fourth-order valence-corrected chi connectivity index (χ4v) is 0.359. The Balaban J connectivity index is 2.78. The van der Waals surface area contributed by atoms with Crippen LogP contribution in [0.25, 0.3) is 0 Å². The third-order valence-corrected chi connectivity index (χ3v) is 0.698. The Morgan fingerprint density at radius 3 is 2.57 bits per heavy atom. The second-order valence-corrected chi connectivity index (χ2v) is 1.39. The number of hydrogen-bond donors (Lipinski definition) is 1. The summed E-state index contributed by atoms with van der Waals surface area (Å²) in [5.74, 6) is 0. The fourth-order valence-electron chi connectivity index (χ4n) is 0.359. The van der Waals surface area contributed by atoms with Crippen LogP contribution in [0.4, 0.5) is 0 Å². The molecule has 0 rings (SSSR count). The quantitative estimate of drug-likeness (QED) is 0.530. The van der Waals surface area contributed by atoms with Gasteiger partial charge in [0.25, 0.3) is 0 Å². The van der Waals surface area contributed by atoms with Crippen LogP contribution in [0.2, 0.25) is 0 Å². The largest absolute Gasteiger partial charge is 0.396 e. The van der Waals surface area contributed by atoms with Crippen molar-refractivity contribution in [3.05, 3.63) is 12.2 Å². The van der Waals surface area contributed by atoms with Gasteiger partial charge in [-0.05, 0) is 12.8 Å². The summed E-state index contributed by atoms with van der Waals surface area (Å²) >= 11 is 0. The Morgan fingerprint density at radius 2 is 2.14 bits per heavy atom. The van der Waals surface area contributed by atoms with E-state index in [0.29, 0.717) is 0 Å². The molecular formula is C6H12O. The van der Waals surface area contributed by atoms with Gasteiger partial charge in [0.15, 0.2) is 0 Å². The lowest BCUT2D eigenvalue weighted by atomic mass is 10.3. The minimum atomic E-state index is 0.274. The fraction of sp³-hybridized carbons (Fsp3) is 0.667. The van der Waals surface area contributed by atoms with E-state index in [1.807, 2.05) is 6.08 Å². The first-order valence-electron chi connectivity index (χ1n) is 2.67. The molecule has 0 aromatic heterocycles. The van der Waals surface area contributed by atoms with Crippen molar-refractivity contribution in [2.45, 2.75) is 19.8 Å². The third kappa shape index (κ3) is 5.70. The molecule has 1 N–H and O–H groups in total. The molecule has 1 nitrogen and oxygen atoms in total. The van der Waals surface area contributed by atoms with Gasteiger partial charge in [-0.15, -0.1) is 0 Å². The highest BCUT2D eigenvalue weighted by Gasteiger charge is 1.68. The van der Waals surface area contributed by atoms with Crippen molar-refractivity contribution in [2.75, 3.05) is 6.61 Å². The summed E-state index contributed by atoms with van der Waals surface area (Å²) in [6.07, 6.45) is 5.91. The van der Waals surface area contributed by atoms with Gasteiger partial charge in [-0.3, -0.25) is 0 Å². The van der Waals surface area contributed by atoms with Crippen molar-refractivity contribution in [3.63, 3.8) is 0 Å². The van der Waals surface area contributed by atoms with Crippen LogP contribution >= 0.6 is 0 Å². The smallest absolute Gasteiger partial charge is 0.0465 e.